The molecular weight excluding hydrogens is 206 g/mol. The Morgan fingerprint density at radius 1 is 1.31 bits per heavy atom. The molecule has 0 spiro atoms. The summed E-state index contributed by atoms with van der Waals surface area (Å²) in [5.41, 5.74) is 2.20. The number of hydrogen-bond donors (Lipinski definition) is 0. The Hall–Kier alpha value is -0.920. The van der Waals surface area contributed by atoms with Crippen molar-refractivity contribution in [1.82, 2.24) is 0 Å². The van der Waals surface area contributed by atoms with Crippen LogP contribution in [0.3, 0.4) is 0 Å². The molecule has 0 aromatic heterocycles. The Morgan fingerprint density at radius 3 is 2.75 bits per heavy atom. The minimum absolute atomic E-state index is 0.471. The third-order valence-corrected chi connectivity index (χ3v) is 3.45. The Bertz CT molecular complexity index is 396. The molecule has 0 saturated heterocycles. The average molecular weight is 224 g/mol. The van der Waals surface area contributed by atoms with Gasteiger partial charge in [-0.1, -0.05) is 26.3 Å². The molecule has 0 nitrogen and oxygen atoms in total. The van der Waals surface area contributed by atoms with Gasteiger partial charge >= 0.3 is 0 Å². The van der Waals surface area contributed by atoms with Crippen molar-refractivity contribution in [2.24, 2.45) is 5.92 Å². The zero-order valence-corrected chi connectivity index (χ0v) is 9.95. The van der Waals surface area contributed by atoms with Gasteiger partial charge in [0.15, 0.2) is 11.6 Å². The highest BCUT2D eigenvalue weighted by molar-refractivity contribution is 5.36. The molecule has 16 heavy (non-hydrogen) atoms. The van der Waals surface area contributed by atoms with Crippen LogP contribution in [0.1, 0.15) is 43.4 Å². The molecule has 2 rings (SSSR count). The lowest BCUT2D eigenvalue weighted by molar-refractivity contribution is 0.444. The van der Waals surface area contributed by atoms with Gasteiger partial charge in [0, 0.05) is 0 Å². The first-order valence-corrected chi connectivity index (χ1v) is 6.12. The van der Waals surface area contributed by atoms with Crippen LogP contribution >= 0.6 is 0 Å². The molecule has 0 heterocycles. The van der Waals surface area contributed by atoms with Crippen molar-refractivity contribution in [3.63, 3.8) is 0 Å². The molecule has 0 fully saturated rings. The standard InChI is InChI=1S/C14H18F2/c1-3-4-11-8-10-6-5-9(2)7-12(10)14(16)13(11)15/h8-9H,3-7H2,1-2H3. The number of aryl methyl sites for hydroxylation is 2. The third-order valence-electron chi connectivity index (χ3n) is 3.45. The van der Waals surface area contributed by atoms with Crippen LogP contribution < -0.4 is 0 Å². The van der Waals surface area contributed by atoms with Crippen molar-refractivity contribution >= 4 is 0 Å². The van der Waals surface area contributed by atoms with E-state index in [1.54, 1.807) is 0 Å². The molecule has 0 aliphatic heterocycles. The Labute approximate surface area is 95.7 Å². The van der Waals surface area contributed by atoms with E-state index in [1.807, 2.05) is 13.0 Å². The van der Waals surface area contributed by atoms with Crippen LogP contribution in [0.2, 0.25) is 0 Å². The lowest BCUT2D eigenvalue weighted by atomic mass is 9.83. The molecule has 1 aliphatic rings. The van der Waals surface area contributed by atoms with Gasteiger partial charge in [-0.05, 0) is 48.3 Å². The molecule has 1 aromatic rings. The van der Waals surface area contributed by atoms with E-state index < -0.39 is 11.6 Å². The molecule has 0 bridgehead atoms. The third kappa shape index (κ3) is 1.98. The van der Waals surface area contributed by atoms with Crippen LogP contribution in [-0.2, 0) is 19.3 Å². The van der Waals surface area contributed by atoms with Crippen LogP contribution in [0.15, 0.2) is 6.07 Å². The predicted octanol–water partition coefficient (Wildman–Crippen LogP) is 4.04. The van der Waals surface area contributed by atoms with Crippen molar-refractivity contribution in [2.75, 3.05) is 0 Å². The van der Waals surface area contributed by atoms with Gasteiger partial charge in [-0.2, -0.15) is 0 Å². The van der Waals surface area contributed by atoms with Crippen LogP contribution in [0, 0.1) is 17.6 Å². The van der Waals surface area contributed by atoms with E-state index in [9.17, 15) is 8.78 Å². The minimum Gasteiger partial charge on any atom is -0.203 e. The molecule has 0 amide bonds. The Balaban J connectivity index is 2.45. The van der Waals surface area contributed by atoms with Gasteiger partial charge in [0.2, 0.25) is 0 Å². The lowest BCUT2D eigenvalue weighted by Crippen LogP contribution is -2.15. The SMILES string of the molecule is CCCc1cc2c(c(F)c1F)CC(C)CC2. The summed E-state index contributed by atoms with van der Waals surface area (Å²) in [7, 11) is 0. The average Bonchev–Trinajstić information content (AvgIpc) is 2.27. The molecule has 0 saturated carbocycles. The van der Waals surface area contributed by atoms with Crippen molar-refractivity contribution in [1.29, 1.82) is 0 Å². The van der Waals surface area contributed by atoms with Gasteiger partial charge in [-0.3, -0.25) is 0 Å². The normalized spacial score (nSPS) is 19.6. The smallest absolute Gasteiger partial charge is 0.162 e. The zero-order chi connectivity index (χ0) is 11.7. The minimum atomic E-state index is -0.616. The maximum atomic E-state index is 13.9. The van der Waals surface area contributed by atoms with Crippen molar-refractivity contribution in [3.8, 4) is 0 Å². The molecule has 0 radical (unpaired) electrons. The zero-order valence-electron chi connectivity index (χ0n) is 9.95. The quantitative estimate of drug-likeness (QED) is 0.711. The highest BCUT2D eigenvalue weighted by atomic mass is 19.2. The monoisotopic (exact) mass is 224 g/mol. The second-order valence-corrected chi connectivity index (χ2v) is 4.90. The molecule has 1 unspecified atom stereocenters. The Kier molecular flexibility index (Phi) is 3.27. The van der Waals surface area contributed by atoms with Crippen LogP contribution in [0.5, 0.6) is 0 Å². The van der Waals surface area contributed by atoms with E-state index >= 15 is 0 Å². The first-order valence-electron chi connectivity index (χ1n) is 6.12. The van der Waals surface area contributed by atoms with E-state index in [2.05, 4.69) is 6.92 Å². The summed E-state index contributed by atoms with van der Waals surface area (Å²) in [6, 6.07) is 1.88. The second kappa shape index (κ2) is 4.52. The molecule has 1 aliphatic carbocycles. The van der Waals surface area contributed by atoms with E-state index in [-0.39, 0.29) is 0 Å². The fourth-order valence-electron chi connectivity index (χ4n) is 2.52. The number of benzene rings is 1. The van der Waals surface area contributed by atoms with Gasteiger partial charge in [-0.15, -0.1) is 0 Å². The van der Waals surface area contributed by atoms with Crippen LogP contribution in [0.4, 0.5) is 8.78 Å². The molecule has 2 heteroatoms. The summed E-state index contributed by atoms with van der Waals surface area (Å²) < 4.78 is 27.6. The van der Waals surface area contributed by atoms with Gasteiger partial charge in [-0.25, -0.2) is 8.78 Å². The molecule has 0 N–H and O–H groups in total. The van der Waals surface area contributed by atoms with E-state index in [0.717, 1.165) is 24.8 Å². The van der Waals surface area contributed by atoms with Gasteiger partial charge < -0.3 is 0 Å². The highest BCUT2D eigenvalue weighted by Gasteiger charge is 2.23. The fraction of sp³-hybridized carbons (Fsp3) is 0.571. The molecule has 1 aromatic carbocycles. The number of hydrogen-bond acceptors (Lipinski definition) is 0. The summed E-state index contributed by atoms with van der Waals surface area (Å²) in [6.07, 6.45) is 4.15. The fourth-order valence-corrected chi connectivity index (χ4v) is 2.52. The van der Waals surface area contributed by atoms with E-state index in [0.29, 0.717) is 29.9 Å². The maximum absolute atomic E-state index is 13.9. The summed E-state index contributed by atoms with van der Waals surface area (Å²) in [6.45, 7) is 4.08. The van der Waals surface area contributed by atoms with Crippen molar-refractivity contribution in [3.05, 3.63) is 34.4 Å². The summed E-state index contributed by atoms with van der Waals surface area (Å²) in [4.78, 5) is 0. The largest absolute Gasteiger partial charge is 0.203 e. The van der Waals surface area contributed by atoms with Crippen molar-refractivity contribution < 1.29 is 8.78 Å². The van der Waals surface area contributed by atoms with E-state index in [1.165, 1.54) is 0 Å². The van der Waals surface area contributed by atoms with Crippen LogP contribution in [-0.4, -0.2) is 0 Å². The van der Waals surface area contributed by atoms with E-state index in [4.69, 9.17) is 0 Å². The summed E-state index contributed by atoms with van der Waals surface area (Å²) in [5, 5.41) is 0. The maximum Gasteiger partial charge on any atom is 0.162 e. The lowest BCUT2D eigenvalue weighted by Gasteiger charge is -2.23. The summed E-state index contributed by atoms with van der Waals surface area (Å²) >= 11 is 0. The topological polar surface area (TPSA) is 0 Å². The number of fused-ring (bicyclic) bond motifs is 1. The Morgan fingerprint density at radius 2 is 2.06 bits per heavy atom. The molecule has 1 atom stereocenters. The van der Waals surface area contributed by atoms with Crippen molar-refractivity contribution in [2.45, 2.75) is 46.0 Å². The van der Waals surface area contributed by atoms with Gasteiger partial charge in [0.25, 0.3) is 0 Å². The van der Waals surface area contributed by atoms with Gasteiger partial charge in [0.1, 0.15) is 0 Å². The molecule has 88 valence electrons. The predicted molar refractivity (Wildman–Crippen MR) is 61.5 cm³/mol. The van der Waals surface area contributed by atoms with Crippen LogP contribution in [0.25, 0.3) is 0 Å². The molecular formula is C14H18F2. The summed E-state index contributed by atoms with van der Waals surface area (Å²) in [5.74, 6) is -0.736. The first kappa shape index (κ1) is 11.6. The second-order valence-electron chi connectivity index (χ2n) is 4.90. The van der Waals surface area contributed by atoms with Gasteiger partial charge in [0.05, 0.1) is 0 Å². The number of halogens is 2. The first-order chi connectivity index (χ1) is 7.63. The highest BCUT2D eigenvalue weighted by Crippen LogP contribution is 2.30. The number of rotatable bonds is 2.